The molecule has 0 aromatic heterocycles. The monoisotopic (exact) mass is 414 g/mol. The fourth-order valence-corrected chi connectivity index (χ4v) is 4.51. The Kier molecular flexibility index (Phi) is 5.82. The Morgan fingerprint density at radius 2 is 1.92 bits per heavy atom. The molecule has 0 aliphatic carbocycles. The maximum atomic E-state index is 12.8. The third kappa shape index (κ3) is 4.01. The van der Waals surface area contributed by atoms with Gasteiger partial charge in [-0.15, -0.1) is 0 Å². The second-order valence-corrected chi connectivity index (χ2v) is 8.77. The van der Waals surface area contributed by atoms with E-state index in [0.29, 0.717) is 14.5 Å². The first kappa shape index (κ1) is 19.1. The highest BCUT2D eigenvalue weighted by atomic mass is 35.5. The van der Waals surface area contributed by atoms with Crippen molar-refractivity contribution in [2.45, 2.75) is 11.3 Å². The van der Waals surface area contributed by atoms with Gasteiger partial charge in [0.25, 0.3) is 10.0 Å². The molecule has 9 heteroatoms. The Morgan fingerprint density at radius 3 is 2.65 bits per heavy atom. The highest BCUT2D eigenvalue weighted by Gasteiger charge is 2.25. The molecule has 2 aromatic carbocycles. The summed E-state index contributed by atoms with van der Waals surface area (Å²) in [5.74, 6) is 0. The molecule has 1 aliphatic heterocycles. The molecule has 140 valence electrons. The van der Waals surface area contributed by atoms with Gasteiger partial charge >= 0.3 is 0 Å². The first-order valence-corrected chi connectivity index (χ1v) is 10.4. The second-order valence-electron chi connectivity index (χ2n) is 6.01. The lowest BCUT2D eigenvalue weighted by Gasteiger charge is -2.24. The SMILES string of the molecule is Nc1cc(S(=O)(=O)N(Cl)c2cccc(Cl)c2)ccc1N1CCCNCC1. The zero-order valence-corrected chi connectivity index (χ0v) is 16.4. The largest absolute Gasteiger partial charge is 0.397 e. The average Bonchev–Trinajstić information content (AvgIpc) is 2.90. The third-order valence-electron chi connectivity index (χ3n) is 4.20. The van der Waals surface area contributed by atoms with Crippen molar-refractivity contribution in [2.24, 2.45) is 0 Å². The predicted molar refractivity (Wildman–Crippen MR) is 108 cm³/mol. The standard InChI is InChI=1S/C17H20Cl2N4O2S/c18-13-3-1-4-14(11-13)23(19)26(24,25)15-5-6-17(16(20)12-15)22-9-2-7-21-8-10-22/h1,3-6,11-12,21H,2,7-10,20H2. The molecule has 0 bridgehead atoms. The van der Waals surface area contributed by atoms with Crippen LogP contribution in [0.25, 0.3) is 0 Å². The number of nitrogens with zero attached hydrogens (tertiary/aromatic N) is 2. The van der Waals surface area contributed by atoms with Crippen LogP contribution in [0.3, 0.4) is 0 Å². The van der Waals surface area contributed by atoms with E-state index in [4.69, 9.17) is 29.1 Å². The van der Waals surface area contributed by atoms with Crippen LogP contribution in [-0.2, 0) is 10.0 Å². The van der Waals surface area contributed by atoms with Gasteiger partial charge in [0.1, 0.15) is 0 Å². The van der Waals surface area contributed by atoms with E-state index in [9.17, 15) is 8.42 Å². The van der Waals surface area contributed by atoms with Crippen LogP contribution in [0.1, 0.15) is 6.42 Å². The molecule has 1 aliphatic rings. The van der Waals surface area contributed by atoms with Gasteiger partial charge in [0.2, 0.25) is 0 Å². The van der Waals surface area contributed by atoms with Gasteiger partial charge in [0.05, 0.1) is 22.0 Å². The summed E-state index contributed by atoms with van der Waals surface area (Å²) in [5, 5.41) is 3.72. The Hall–Kier alpha value is -1.67. The lowest BCUT2D eigenvalue weighted by Crippen LogP contribution is -2.28. The molecular weight excluding hydrogens is 395 g/mol. The number of sulfonamides is 1. The summed E-state index contributed by atoms with van der Waals surface area (Å²) in [6.07, 6.45) is 1.00. The molecule has 0 amide bonds. The van der Waals surface area contributed by atoms with Gasteiger partial charge < -0.3 is 16.0 Å². The van der Waals surface area contributed by atoms with Crippen molar-refractivity contribution in [3.8, 4) is 0 Å². The average molecular weight is 415 g/mol. The molecule has 2 aromatic rings. The summed E-state index contributed by atoms with van der Waals surface area (Å²) >= 11 is 12.0. The van der Waals surface area contributed by atoms with E-state index < -0.39 is 10.0 Å². The number of benzene rings is 2. The van der Waals surface area contributed by atoms with Gasteiger partial charge in [0, 0.05) is 36.4 Å². The topological polar surface area (TPSA) is 78.7 Å². The van der Waals surface area contributed by atoms with Gasteiger partial charge in [-0.1, -0.05) is 17.7 Å². The molecule has 6 nitrogen and oxygen atoms in total. The highest BCUT2D eigenvalue weighted by Crippen LogP contribution is 2.31. The third-order valence-corrected chi connectivity index (χ3v) is 6.66. The van der Waals surface area contributed by atoms with Gasteiger partial charge in [0.15, 0.2) is 0 Å². The smallest absolute Gasteiger partial charge is 0.278 e. The van der Waals surface area contributed by atoms with Crippen molar-refractivity contribution in [3.63, 3.8) is 0 Å². The molecule has 3 rings (SSSR count). The van der Waals surface area contributed by atoms with Crippen LogP contribution >= 0.6 is 23.4 Å². The summed E-state index contributed by atoms with van der Waals surface area (Å²) in [5.41, 5.74) is 7.65. The fourth-order valence-electron chi connectivity index (χ4n) is 2.88. The highest BCUT2D eigenvalue weighted by molar-refractivity contribution is 7.94. The molecule has 1 heterocycles. The first-order valence-electron chi connectivity index (χ1n) is 8.21. The summed E-state index contributed by atoms with van der Waals surface area (Å²) in [7, 11) is -3.96. The molecule has 0 spiro atoms. The van der Waals surface area contributed by atoms with E-state index in [-0.39, 0.29) is 10.6 Å². The molecule has 0 saturated carbocycles. The number of anilines is 3. The van der Waals surface area contributed by atoms with E-state index in [1.165, 1.54) is 18.2 Å². The fraction of sp³-hybridized carbons (Fsp3) is 0.294. The summed E-state index contributed by atoms with van der Waals surface area (Å²) in [6.45, 7) is 3.52. The minimum atomic E-state index is -3.96. The second kappa shape index (κ2) is 7.92. The molecular formula is C17H20Cl2N4O2S. The lowest BCUT2D eigenvalue weighted by atomic mass is 10.2. The van der Waals surface area contributed by atoms with E-state index >= 15 is 0 Å². The Morgan fingerprint density at radius 1 is 1.12 bits per heavy atom. The van der Waals surface area contributed by atoms with Crippen molar-refractivity contribution in [3.05, 3.63) is 47.5 Å². The minimum Gasteiger partial charge on any atom is -0.397 e. The Bertz CT molecular complexity index is 884. The number of nitrogens with one attached hydrogen (secondary N) is 1. The zero-order chi connectivity index (χ0) is 18.7. The van der Waals surface area contributed by atoms with Crippen LogP contribution < -0.4 is 19.8 Å². The van der Waals surface area contributed by atoms with Crippen LogP contribution in [-0.4, -0.2) is 34.6 Å². The van der Waals surface area contributed by atoms with Crippen molar-refractivity contribution in [2.75, 3.05) is 40.6 Å². The predicted octanol–water partition coefficient (Wildman–Crippen LogP) is 3.07. The summed E-state index contributed by atoms with van der Waals surface area (Å²) in [4.78, 5) is 2.18. The number of nitrogens with two attached hydrogens (primary N) is 1. The molecule has 1 saturated heterocycles. The molecule has 26 heavy (non-hydrogen) atoms. The van der Waals surface area contributed by atoms with E-state index in [1.54, 1.807) is 24.3 Å². The zero-order valence-electron chi connectivity index (χ0n) is 14.0. The van der Waals surface area contributed by atoms with Crippen LogP contribution in [0.15, 0.2) is 47.4 Å². The number of halogens is 2. The van der Waals surface area contributed by atoms with Gasteiger partial charge in [-0.05, 0) is 49.4 Å². The number of rotatable bonds is 4. The number of hydrogen-bond acceptors (Lipinski definition) is 5. The molecule has 3 N–H and O–H groups in total. The van der Waals surface area contributed by atoms with Crippen molar-refractivity contribution >= 4 is 50.5 Å². The van der Waals surface area contributed by atoms with E-state index in [1.807, 2.05) is 0 Å². The summed E-state index contributed by atoms with van der Waals surface area (Å²) in [6, 6.07) is 11.0. The number of nitrogen functional groups attached to an aromatic ring is 1. The van der Waals surface area contributed by atoms with Gasteiger partial charge in [-0.2, -0.15) is 12.2 Å². The maximum absolute atomic E-state index is 12.8. The normalized spacial score (nSPS) is 15.5. The van der Waals surface area contributed by atoms with E-state index in [0.717, 1.165) is 38.3 Å². The van der Waals surface area contributed by atoms with Gasteiger partial charge in [-0.25, -0.2) is 0 Å². The van der Waals surface area contributed by atoms with Crippen molar-refractivity contribution in [1.29, 1.82) is 0 Å². The van der Waals surface area contributed by atoms with Crippen LogP contribution in [0.4, 0.5) is 17.1 Å². The van der Waals surface area contributed by atoms with E-state index in [2.05, 4.69) is 10.2 Å². The minimum absolute atomic E-state index is 0.0293. The van der Waals surface area contributed by atoms with Crippen LogP contribution in [0, 0.1) is 0 Å². The van der Waals surface area contributed by atoms with Crippen molar-refractivity contribution < 1.29 is 8.42 Å². The maximum Gasteiger partial charge on any atom is 0.278 e. The Labute approximate surface area is 163 Å². The Balaban J connectivity index is 1.89. The lowest BCUT2D eigenvalue weighted by molar-refractivity contribution is 0.598. The summed E-state index contributed by atoms with van der Waals surface area (Å²) < 4.78 is 26.3. The molecule has 0 unspecified atom stereocenters. The molecule has 0 atom stereocenters. The first-order chi connectivity index (χ1) is 12.4. The van der Waals surface area contributed by atoms with Crippen molar-refractivity contribution in [1.82, 2.24) is 5.32 Å². The molecule has 1 fully saturated rings. The molecule has 0 radical (unpaired) electrons. The van der Waals surface area contributed by atoms with Crippen LogP contribution in [0.5, 0.6) is 0 Å². The quantitative estimate of drug-likeness (QED) is 0.593. The number of hydrogen-bond donors (Lipinski definition) is 2. The van der Waals surface area contributed by atoms with Crippen LogP contribution in [0.2, 0.25) is 5.02 Å². The van der Waals surface area contributed by atoms with Gasteiger partial charge in [-0.3, -0.25) is 0 Å².